The summed E-state index contributed by atoms with van der Waals surface area (Å²) in [4.78, 5) is 0. The van der Waals surface area contributed by atoms with Gasteiger partial charge in [-0.1, -0.05) is 6.07 Å². The first-order valence-electron chi connectivity index (χ1n) is 3.94. The largest absolute Gasteiger partial charge is 0.399 e. The molecule has 0 amide bonds. The van der Waals surface area contributed by atoms with Crippen LogP contribution in [0.4, 0.5) is 5.69 Å². The van der Waals surface area contributed by atoms with Gasteiger partial charge in [-0.3, -0.25) is 0 Å². The second-order valence-corrected chi connectivity index (χ2v) is 2.95. The van der Waals surface area contributed by atoms with Gasteiger partial charge in [-0.05, 0) is 36.2 Å². The van der Waals surface area contributed by atoms with Gasteiger partial charge in [0.25, 0.3) is 0 Å². The number of halogens is 2. The van der Waals surface area contributed by atoms with Crippen molar-refractivity contribution in [1.82, 2.24) is 5.32 Å². The van der Waals surface area contributed by atoms with E-state index in [9.17, 15) is 0 Å². The number of anilines is 1. The van der Waals surface area contributed by atoms with Gasteiger partial charge in [0.15, 0.2) is 0 Å². The van der Waals surface area contributed by atoms with Crippen molar-refractivity contribution in [1.29, 1.82) is 0 Å². The van der Waals surface area contributed by atoms with Gasteiger partial charge >= 0.3 is 0 Å². The Labute approximate surface area is 90.7 Å². The van der Waals surface area contributed by atoms with E-state index in [4.69, 9.17) is 5.73 Å². The molecule has 4 heteroatoms. The Bertz CT molecular complexity index is 276. The van der Waals surface area contributed by atoms with Crippen LogP contribution in [0.5, 0.6) is 0 Å². The maximum absolute atomic E-state index is 5.66. The molecule has 0 fully saturated rings. The van der Waals surface area contributed by atoms with E-state index in [1.54, 1.807) is 0 Å². The van der Waals surface area contributed by atoms with Gasteiger partial charge in [-0.15, -0.1) is 24.8 Å². The first-order chi connectivity index (χ1) is 5.36. The van der Waals surface area contributed by atoms with E-state index >= 15 is 0 Å². The highest BCUT2D eigenvalue weighted by Crippen LogP contribution is 2.16. The molecule has 1 aliphatic heterocycles. The minimum Gasteiger partial charge on any atom is -0.399 e. The highest BCUT2D eigenvalue weighted by atomic mass is 35.5. The van der Waals surface area contributed by atoms with Crippen LogP contribution in [0.1, 0.15) is 11.1 Å². The Hall–Kier alpha value is -0.440. The Morgan fingerprint density at radius 1 is 1.15 bits per heavy atom. The zero-order valence-electron chi connectivity index (χ0n) is 7.25. The van der Waals surface area contributed by atoms with Crippen LogP contribution in [-0.2, 0) is 13.0 Å². The molecular formula is C9H14Cl2N2. The molecule has 1 aliphatic rings. The monoisotopic (exact) mass is 220 g/mol. The lowest BCUT2D eigenvalue weighted by atomic mass is 10.0. The van der Waals surface area contributed by atoms with Crippen LogP contribution < -0.4 is 11.1 Å². The van der Waals surface area contributed by atoms with Crippen molar-refractivity contribution in [2.75, 3.05) is 12.3 Å². The molecule has 0 radical (unpaired) electrons. The average molecular weight is 221 g/mol. The summed E-state index contributed by atoms with van der Waals surface area (Å²) in [6.07, 6.45) is 1.11. The quantitative estimate of drug-likeness (QED) is 0.655. The Kier molecular flexibility index (Phi) is 5.14. The second-order valence-electron chi connectivity index (χ2n) is 2.95. The fraction of sp³-hybridized carbons (Fsp3) is 0.333. The highest BCUT2D eigenvalue weighted by Gasteiger charge is 2.06. The average Bonchev–Trinajstić information content (AvgIpc) is 2.04. The summed E-state index contributed by atoms with van der Waals surface area (Å²) in [5.74, 6) is 0. The van der Waals surface area contributed by atoms with Crippen molar-refractivity contribution in [2.45, 2.75) is 13.0 Å². The van der Waals surface area contributed by atoms with Crippen molar-refractivity contribution in [3.63, 3.8) is 0 Å². The summed E-state index contributed by atoms with van der Waals surface area (Å²) in [6, 6.07) is 6.15. The molecule has 0 bridgehead atoms. The van der Waals surface area contributed by atoms with Gasteiger partial charge in [0, 0.05) is 12.2 Å². The first kappa shape index (κ1) is 12.6. The van der Waals surface area contributed by atoms with Crippen molar-refractivity contribution in [3.8, 4) is 0 Å². The maximum Gasteiger partial charge on any atom is 0.0316 e. The number of hydrogen-bond acceptors (Lipinski definition) is 2. The minimum atomic E-state index is 0. The van der Waals surface area contributed by atoms with Crippen LogP contribution in [0.25, 0.3) is 0 Å². The number of hydrogen-bond donors (Lipinski definition) is 2. The smallest absolute Gasteiger partial charge is 0.0316 e. The molecule has 2 nitrogen and oxygen atoms in total. The molecule has 0 atom stereocenters. The summed E-state index contributed by atoms with van der Waals surface area (Å²) in [6.45, 7) is 2.08. The Morgan fingerprint density at radius 2 is 1.92 bits per heavy atom. The van der Waals surface area contributed by atoms with Crippen LogP contribution in [0, 0.1) is 0 Å². The molecule has 2 rings (SSSR count). The van der Waals surface area contributed by atoms with E-state index < -0.39 is 0 Å². The highest BCUT2D eigenvalue weighted by molar-refractivity contribution is 5.85. The maximum atomic E-state index is 5.66. The molecule has 0 aliphatic carbocycles. The lowest BCUT2D eigenvalue weighted by molar-refractivity contribution is 0.644. The summed E-state index contributed by atoms with van der Waals surface area (Å²) < 4.78 is 0. The van der Waals surface area contributed by atoms with Crippen LogP contribution >= 0.6 is 24.8 Å². The van der Waals surface area contributed by atoms with E-state index in [1.165, 1.54) is 11.1 Å². The van der Waals surface area contributed by atoms with Crippen molar-refractivity contribution in [3.05, 3.63) is 29.3 Å². The zero-order valence-corrected chi connectivity index (χ0v) is 8.88. The van der Waals surface area contributed by atoms with Crippen molar-refractivity contribution < 1.29 is 0 Å². The Balaban J connectivity index is 0.000000720. The molecule has 0 unspecified atom stereocenters. The van der Waals surface area contributed by atoms with Crippen molar-refractivity contribution >= 4 is 30.5 Å². The molecule has 1 aromatic carbocycles. The first-order valence-corrected chi connectivity index (χ1v) is 3.94. The molecule has 1 aromatic rings. The van der Waals surface area contributed by atoms with Gasteiger partial charge in [0.05, 0.1) is 0 Å². The lowest BCUT2D eigenvalue weighted by Crippen LogP contribution is -2.23. The number of nitrogens with two attached hydrogens (primary N) is 1. The van der Waals surface area contributed by atoms with Gasteiger partial charge in [0.1, 0.15) is 0 Å². The third-order valence-corrected chi connectivity index (χ3v) is 2.12. The fourth-order valence-electron chi connectivity index (χ4n) is 1.50. The zero-order chi connectivity index (χ0) is 7.68. The van der Waals surface area contributed by atoms with E-state index in [0.717, 1.165) is 25.2 Å². The third kappa shape index (κ3) is 2.76. The van der Waals surface area contributed by atoms with E-state index in [1.807, 2.05) is 6.07 Å². The minimum absolute atomic E-state index is 0. The number of benzene rings is 1. The van der Waals surface area contributed by atoms with Gasteiger partial charge in [-0.25, -0.2) is 0 Å². The van der Waals surface area contributed by atoms with Gasteiger partial charge in [-0.2, -0.15) is 0 Å². The third-order valence-electron chi connectivity index (χ3n) is 2.12. The summed E-state index contributed by atoms with van der Waals surface area (Å²) in [5.41, 5.74) is 9.34. The Morgan fingerprint density at radius 3 is 2.69 bits per heavy atom. The summed E-state index contributed by atoms with van der Waals surface area (Å²) in [7, 11) is 0. The molecule has 0 spiro atoms. The van der Waals surface area contributed by atoms with Crippen LogP contribution in [0.2, 0.25) is 0 Å². The number of fused-ring (bicyclic) bond motifs is 1. The van der Waals surface area contributed by atoms with E-state index in [0.29, 0.717) is 0 Å². The molecule has 0 aromatic heterocycles. The molecule has 13 heavy (non-hydrogen) atoms. The SMILES string of the molecule is Cl.Cl.Nc1ccc2c(c1)CCNC2. The fourth-order valence-corrected chi connectivity index (χ4v) is 1.50. The van der Waals surface area contributed by atoms with E-state index in [-0.39, 0.29) is 24.8 Å². The molecule has 3 N–H and O–H groups in total. The normalized spacial score (nSPS) is 13.5. The number of rotatable bonds is 0. The second kappa shape index (κ2) is 5.32. The van der Waals surface area contributed by atoms with Crippen LogP contribution in [-0.4, -0.2) is 6.54 Å². The van der Waals surface area contributed by atoms with E-state index in [2.05, 4.69) is 17.4 Å². The molecule has 74 valence electrons. The lowest BCUT2D eigenvalue weighted by Gasteiger charge is -2.16. The number of nitrogen functional groups attached to an aromatic ring is 1. The summed E-state index contributed by atoms with van der Waals surface area (Å²) >= 11 is 0. The summed E-state index contributed by atoms with van der Waals surface area (Å²) in [5, 5.41) is 3.32. The predicted molar refractivity (Wildman–Crippen MR) is 60.8 cm³/mol. The van der Waals surface area contributed by atoms with Crippen molar-refractivity contribution in [2.24, 2.45) is 0 Å². The molecule has 1 heterocycles. The van der Waals surface area contributed by atoms with Crippen LogP contribution in [0.15, 0.2) is 18.2 Å². The van der Waals surface area contributed by atoms with Crippen LogP contribution in [0.3, 0.4) is 0 Å². The van der Waals surface area contributed by atoms with Gasteiger partial charge < -0.3 is 11.1 Å². The predicted octanol–water partition coefficient (Wildman–Crippen LogP) is 1.76. The topological polar surface area (TPSA) is 38.0 Å². The van der Waals surface area contributed by atoms with Gasteiger partial charge in [0.2, 0.25) is 0 Å². The number of nitrogens with one attached hydrogen (secondary N) is 1. The molecule has 0 saturated heterocycles. The molecule has 0 saturated carbocycles. The molecular weight excluding hydrogens is 207 g/mol. The standard InChI is InChI=1S/C9H12N2.2ClH/c10-9-2-1-8-6-11-4-3-7(8)5-9;;/h1-2,5,11H,3-4,6,10H2;2*1H.